The first-order valence-corrected chi connectivity index (χ1v) is 11.6. The second-order valence-corrected chi connectivity index (χ2v) is 9.17. The Kier molecular flexibility index (Phi) is 8.11. The van der Waals surface area contributed by atoms with E-state index in [0.29, 0.717) is 32.4 Å². The number of aliphatic hydroxyl groups excluding tert-OH is 1. The summed E-state index contributed by atoms with van der Waals surface area (Å²) in [6, 6.07) is -2.59. The molecule has 1 amide bonds. The van der Waals surface area contributed by atoms with Crippen molar-refractivity contribution in [3.63, 3.8) is 0 Å². The highest BCUT2D eigenvalue weighted by Gasteiger charge is 2.52. The third-order valence-corrected chi connectivity index (χ3v) is 6.93. The van der Waals surface area contributed by atoms with Crippen LogP contribution in [0.5, 0.6) is 0 Å². The first-order valence-electron chi connectivity index (χ1n) is 11.6. The molecule has 3 rings (SSSR count). The number of amides is 1. The van der Waals surface area contributed by atoms with Crippen LogP contribution in [0.2, 0.25) is 0 Å². The molecule has 5 N–H and O–H groups in total. The SMILES string of the molecule is CC(=O)N1CCC[C@@H]1C(=O)C[C@H](N)C(=O)C(CC(O)C(=O)O)C1(C(=O)[C@H]2CCCN2)C=CC=N1. The first kappa shape index (κ1) is 25.9. The molecule has 0 aromatic heterocycles. The molecule has 0 aromatic rings. The highest BCUT2D eigenvalue weighted by atomic mass is 16.4. The number of carbonyl (C=O) groups excluding carboxylic acids is 4. The lowest BCUT2D eigenvalue weighted by atomic mass is 9.71. The molecule has 3 aliphatic heterocycles. The van der Waals surface area contributed by atoms with Crippen LogP contribution in [0.4, 0.5) is 0 Å². The Balaban J connectivity index is 1.86. The minimum Gasteiger partial charge on any atom is -0.479 e. The predicted molar refractivity (Wildman–Crippen MR) is 121 cm³/mol. The van der Waals surface area contributed by atoms with E-state index in [0.717, 1.165) is 6.42 Å². The monoisotopic (exact) mass is 476 g/mol. The Morgan fingerprint density at radius 1 is 1.24 bits per heavy atom. The number of allylic oxidation sites excluding steroid dienone is 1. The lowest BCUT2D eigenvalue weighted by molar-refractivity contribution is -0.149. The predicted octanol–water partition coefficient (Wildman–Crippen LogP) is -0.995. The van der Waals surface area contributed by atoms with Crippen molar-refractivity contribution < 1.29 is 34.2 Å². The van der Waals surface area contributed by atoms with E-state index in [1.165, 1.54) is 30.2 Å². The number of aliphatic hydroxyl groups is 1. The van der Waals surface area contributed by atoms with Crippen LogP contribution in [-0.4, -0.2) is 93.4 Å². The van der Waals surface area contributed by atoms with Crippen LogP contribution in [-0.2, 0) is 24.0 Å². The lowest BCUT2D eigenvalue weighted by Crippen LogP contribution is -2.56. The van der Waals surface area contributed by atoms with Crippen molar-refractivity contribution in [1.82, 2.24) is 10.2 Å². The number of nitrogens with one attached hydrogen (secondary N) is 1. The van der Waals surface area contributed by atoms with Gasteiger partial charge in [0.1, 0.15) is 5.54 Å². The Hall–Kier alpha value is -2.76. The molecule has 3 aliphatic rings. The molecule has 0 aromatic carbocycles. The molecule has 6 atom stereocenters. The van der Waals surface area contributed by atoms with Gasteiger partial charge >= 0.3 is 5.97 Å². The number of likely N-dealkylation sites (tertiary alicyclic amines) is 1. The average Bonchev–Trinajstić information content (AvgIpc) is 3.57. The molecule has 0 aliphatic carbocycles. The third kappa shape index (κ3) is 5.16. The number of aliphatic carboxylic acids is 1. The van der Waals surface area contributed by atoms with Crippen molar-refractivity contribution in [3.05, 3.63) is 12.2 Å². The summed E-state index contributed by atoms with van der Waals surface area (Å²) in [5, 5.41) is 22.4. The number of hydrogen-bond acceptors (Lipinski definition) is 9. The van der Waals surface area contributed by atoms with Gasteiger partial charge < -0.3 is 26.2 Å². The quantitative estimate of drug-likeness (QED) is 0.291. The number of hydrogen-bond donors (Lipinski definition) is 4. The number of carbonyl (C=O) groups is 5. The summed E-state index contributed by atoms with van der Waals surface area (Å²) in [5.41, 5.74) is 4.42. The molecule has 0 saturated carbocycles. The van der Waals surface area contributed by atoms with E-state index >= 15 is 0 Å². The van der Waals surface area contributed by atoms with Gasteiger partial charge in [0, 0.05) is 26.1 Å². The first-order chi connectivity index (χ1) is 16.1. The van der Waals surface area contributed by atoms with Gasteiger partial charge in [0.05, 0.1) is 24.0 Å². The summed E-state index contributed by atoms with van der Waals surface area (Å²) < 4.78 is 0. The zero-order valence-electron chi connectivity index (χ0n) is 19.2. The largest absolute Gasteiger partial charge is 0.479 e. The molecule has 11 nitrogen and oxygen atoms in total. The molecule has 2 fully saturated rings. The number of nitrogens with zero attached hydrogens (tertiary/aromatic N) is 2. The van der Waals surface area contributed by atoms with Gasteiger partial charge in [0.2, 0.25) is 5.91 Å². The number of aliphatic imine (C=N–C) groups is 1. The summed E-state index contributed by atoms with van der Waals surface area (Å²) in [5.74, 6) is -4.65. The highest BCUT2D eigenvalue weighted by molar-refractivity contribution is 6.06. The highest BCUT2D eigenvalue weighted by Crippen LogP contribution is 2.36. The van der Waals surface area contributed by atoms with Crippen molar-refractivity contribution >= 4 is 35.4 Å². The van der Waals surface area contributed by atoms with Crippen LogP contribution in [0.3, 0.4) is 0 Å². The smallest absolute Gasteiger partial charge is 0.332 e. The fraction of sp³-hybridized carbons (Fsp3) is 0.652. The van der Waals surface area contributed by atoms with Crippen LogP contribution in [0.15, 0.2) is 17.1 Å². The molecular weight excluding hydrogens is 444 g/mol. The van der Waals surface area contributed by atoms with E-state index in [1.807, 2.05) is 0 Å². The molecule has 11 heteroatoms. The Bertz CT molecular complexity index is 897. The third-order valence-electron chi connectivity index (χ3n) is 6.93. The summed E-state index contributed by atoms with van der Waals surface area (Å²) in [6.07, 6.45) is 3.87. The Morgan fingerprint density at radius 2 is 1.97 bits per heavy atom. The van der Waals surface area contributed by atoms with Crippen molar-refractivity contribution in [2.24, 2.45) is 16.6 Å². The standard InChI is InChI=1S/C23H32N4O7/c1-13(28)27-10-3-6-17(27)18(29)12-15(24)20(31)14(11-19(30)22(33)34)23(7-4-9-26-23)21(32)16-5-2-8-25-16/h4,7,9,14-17,19,25,30H,2-3,5-6,8,10-12,24H2,1H3,(H,33,34)/t14?,15-,16+,17+,19?,23?/m0/s1. The maximum Gasteiger partial charge on any atom is 0.332 e. The number of carboxylic acids is 1. The second kappa shape index (κ2) is 10.7. The lowest BCUT2D eigenvalue weighted by Gasteiger charge is -2.35. The molecule has 0 spiro atoms. The van der Waals surface area contributed by atoms with E-state index in [-0.39, 0.29) is 18.1 Å². The topological polar surface area (TPSA) is 179 Å². The van der Waals surface area contributed by atoms with Crippen molar-refractivity contribution in [1.29, 1.82) is 0 Å². The van der Waals surface area contributed by atoms with E-state index in [2.05, 4.69) is 10.3 Å². The fourth-order valence-electron chi connectivity index (χ4n) is 5.14. The van der Waals surface area contributed by atoms with Gasteiger partial charge in [0.25, 0.3) is 0 Å². The van der Waals surface area contributed by atoms with Gasteiger partial charge in [-0.15, -0.1) is 0 Å². The van der Waals surface area contributed by atoms with Gasteiger partial charge in [-0.25, -0.2) is 4.79 Å². The van der Waals surface area contributed by atoms with E-state index in [4.69, 9.17) is 5.73 Å². The normalized spacial score (nSPS) is 28.6. The van der Waals surface area contributed by atoms with Crippen molar-refractivity contribution in [2.45, 2.75) is 75.2 Å². The molecule has 0 bridgehead atoms. The minimum absolute atomic E-state index is 0.239. The van der Waals surface area contributed by atoms with Crippen LogP contribution in [0, 0.1) is 5.92 Å². The van der Waals surface area contributed by atoms with Crippen LogP contribution in [0.1, 0.15) is 45.4 Å². The maximum atomic E-state index is 13.5. The number of ketones is 3. The molecule has 34 heavy (non-hydrogen) atoms. The number of nitrogens with two attached hydrogens (primary N) is 1. The molecule has 2 saturated heterocycles. The van der Waals surface area contributed by atoms with Gasteiger partial charge in [-0.1, -0.05) is 0 Å². The Labute approximate surface area is 197 Å². The number of rotatable bonds is 11. The molecule has 0 radical (unpaired) electrons. The van der Waals surface area contributed by atoms with Crippen LogP contribution >= 0.6 is 0 Å². The van der Waals surface area contributed by atoms with Crippen LogP contribution < -0.4 is 11.1 Å². The number of carboxylic acid groups (broad SMARTS) is 1. The zero-order valence-corrected chi connectivity index (χ0v) is 19.2. The average molecular weight is 477 g/mol. The van der Waals surface area contributed by atoms with Gasteiger partial charge in [-0.2, -0.15) is 0 Å². The number of Topliss-reactive ketones (excluding diaryl/α,β-unsaturated/α-hetero) is 3. The van der Waals surface area contributed by atoms with Crippen LogP contribution in [0.25, 0.3) is 0 Å². The van der Waals surface area contributed by atoms with E-state index in [1.54, 1.807) is 0 Å². The van der Waals surface area contributed by atoms with Crippen molar-refractivity contribution in [3.8, 4) is 0 Å². The second-order valence-electron chi connectivity index (χ2n) is 9.17. The van der Waals surface area contributed by atoms with E-state index in [9.17, 15) is 34.2 Å². The van der Waals surface area contributed by atoms with Gasteiger partial charge in [-0.05, 0) is 50.8 Å². The van der Waals surface area contributed by atoms with E-state index < -0.39 is 59.6 Å². The minimum atomic E-state index is -1.93. The maximum absolute atomic E-state index is 13.5. The summed E-state index contributed by atoms with van der Waals surface area (Å²) in [4.78, 5) is 68.8. The summed E-state index contributed by atoms with van der Waals surface area (Å²) >= 11 is 0. The molecule has 3 unspecified atom stereocenters. The molecular formula is C23H32N4O7. The summed E-state index contributed by atoms with van der Waals surface area (Å²) in [7, 11) is 0. The fourth-order valence-corrected chi connectivity index (χ4v) is 5.14. The zero-order chi connectivity index (χ0) is 25.0. The van der Waals surface area contributed by atoms with Crippen molar-refractivity contribution in [2.75, 3.05) is 13.1 Å². The van der Waals surface area contributed by atoms with Gasteiger partial charge in [0.15, 0.2) is 23.5 Å². The Morgan fingerprint density at radius 3 is 2.53 bits per heavy atom. The summed E-state index contributed by atoms with van der Waals surface area (Å²) in [6.45, 7) is 2.45. The van der Waals surface area contributed by atoms with Gasteiger partial charge in [-0.3, -0.25) is 24.2 Å². The molecule has 186 valence electrons. The molecule has 3 heterocycles.